The van der Waals surface area contributed by atoms with Crippen LogP contribution in [0.5, 0.6) is 5.88 Å². The van der Waals surface area contributed by atoms with Crippen molar-refractivity contribution < 1.29 is 23.4 Å². The lowest BCUT2D eigenvalue weighted by molar-refractivity contribution is -0.147. The first-order valence-electron chi connectivity index (χ1n) is 9.21. The maximum Gasteiger partial charge on any atom is 0.308 e. The van der Waals surface area contributed by atoms with Gasteiger partial charge in [-0.2, -0.15) is 4.52 Å². The molecule has 1 aromatic carbocycles. The second-order valence-corrected chi connectivity index (χ2v) is 8.06. The molecule has 1 aliphatic heterocycles. The molecule has 1 atom stereocenters. The molecule has 7 nitrogen and oxygen atoms in total. The summed E-state index contributed by atoms with van der Waals surface area (Å²) in [6.07, 6.45) is 1.15. The first-order chi connectivity index (χ1) is 13.9. The quantitative estimate of drug-likeness (QED) is 0.651. The maximum atomic E-state index is 14.0. The Kier molecular flexibility index (Phi) is 5.22. The van der Waals surface area contributed by atoms with Crippen LogP contribution >= 0.6 is 11.3 Å². The molecule has 0 bridgehead atoms. The Morgan fingerprint density at radius 3 is 2.66 bits per heavy atom. The number of aromatic hydroxyl groups is 1. The minimum Gasteiger partial charge on any atom is -0.492 e. The molecule has 29 heavy (non-hydrogen) atoms. The molecule has 4 rings (SSSR count). The molecule has 0 spiro atoms. The summed E-state index contributed by atoms with van der Waals surface area (Å²) in [7, 11) is 1.37. The lowest BCUT2D eigenvalue weighted by Crippen LogP contribution is -2.39. The molecule has 0 aliphatic carbocycles. The van der Waals surface area contributed by atoms with Gasteiger partial charge in [-0.25, -0.2) is 13.8 Å². The Bertz CT molecular complexity index is 1060. The van der Waals surface area contributed by atoms with Crippen molar-refractivity contribution in [1.82, 2.24) is 19.5 Å². The standard InChI is InChI=1S/C19H20F2N4O3S/c1-10-22-19-25(23-10)17(26)16(29-19)15(12-3-4-13(20)14(21)9-12)24-7-5-11(6-8-24)18(27)28-2/h3-4,9,11,15,26H,5-8H2,1-2H3/t15-/m0/s1. The van der Waals surface area contributed by atoms with Gasteiger partial charge >= 0.3 is 5.97 Å². The Morgan fingerprint density at radius 1 is 1.31 bits per heavy atom. The van der Waals surface area contributed by atoms with Crippen LogP contribution in [-0.4, -0.2) is 50.8 Å². The minimum atomic E-state index is -0.952. The van der Waals surface area contributed by atoms with E-state index in [0.717, 1.165) is 12.1 Å². The molecule has 1 N–H and O–H groups in total. The number of aryl methyl sites for hydroxylation is 1. The fourth-order valence-electron chi connectivity index (χ4n) is 3.80. The van der Waals surface area contributed by atoms with E-state index < -0.39 is 17.7 Å². The average Bonchev–Trinajstić information content (AvgIpc) is 3.22. The number of rotatable bonds is 4. The predicted octanol–water partition coefficient (Wildman–Crippen LogP) is 3.06. The van der Waals surface area contributed by atoms with Crippen LogP contribution in [0.3, 0.4) is 0 Å². The highest BCUT2D eigenvalue weighted by Gasteiger charge is 2.34. The Balaban J connectivity index is 1.73. The molecule has 0 unspecified atom stereocenters. The maximum absolute atomic E-state index is 14.0. The normalized spacial score (nSPS) is 17.0. The van der Waals surface area contributed by atoms with Gasteiger partial charge in [0.15, 0.2) is 11.6 Å². The topological polar surface area (TPSA) is 80.0 Å². The molecule has 154 valence electrons. The van der Waals surface area contributed by atoms with E-state index in [-0.39, 0.29) is 17.8 Å². The molecule has 0 radical (unpaired) electrons. The number of benzene rings is 1. The van der Waals surface area contributed by atoms with Crippen molar-refractivity contribution in [3.8, 4) is 5.88 Å². The number of hydrogen-bond donors (Lipinski definition) is 1. The number of nitrogens with zero attached hydrogens (tertiary/aromatic N) is 4. The molecule has 1 aliphatic rings. The lowest BCUT2D eigenvalue weighted by atomic mass is 9.93. The van der Waals surface area contributed by atoms with E-state index in [1.165, 1.54) is 29.0 Å². The zero-order valence-electron chi connectivity index (χ0n) is 15.9. The van der Waals surface area contributed by atoms with Crippen molar-refractivity contribution in [1.29, 1.82) is 0 Å². The number of halogens is 2. The summed E-state index contributed by atoms with van der Waals surface area (Å²) in [6, 6.07) is 3.22. The van der Waals surface area contributed by atoms with Crippen LogP contribution in [0.15, 0.2) is 18.2 Å². The second-order valence-electron chi connectivity index (χ2n) is 7.05. The summed E-state index contributed by atoms with van der Waals surface area (Å²) in [5, 5.41) is 15.0. The van der Waals surface area contributed by atoms with Gasteiger partial charge in [0.25, 0.3) is 0 Å². The van der Waals surface area contributed by atoms with Crippen molar-refractivity contribution in [3.63, 3.8) is 0 Å². The van der Waals surface area contributed by atoms with Crippen molar-refractivity contribution in [2.24, 2.45) is 5.92 Å². The third-order valence-corrected chi connectivity index (χ3v) is 6.32. The van der Waals surface area contributed by atoms with E-state index in [1.807, 2.05) is 4.90 Å². The average molecular weight is 422 g/mol. The Hall–Kier alpha value is -2.59. The van der Waals surface area contributed by atoms with Gasteiger partial charge in [0.2, 0.25) is 10.8 Å². The predicted molar refractivity (Wildman–Crippen MR) is 102 cm³/mol. The molecule has 10 heteroatoms. The van der Waals surface area contributed by atoms with Gasteiger partial charge in [0.1, 0.15) is 5.82 Å². The monoisotopic (exact) mass is 422 g/mol. The van der Waals surface area contributed by atoms with Gasteiger partial charge in [0, 0.05) is 0 Å². The number of likely N-dealkylation sites (tertiary alicyclic amines) is 1. The van der Waals surface area contributed by atoms with Crippen LogP contribution in [0, 0.1) is 24.5 Å². The largest absolute Gasteiger partial charge is 0.492 e. The van der Waals surface area contributed by atoms with E-state index in [2.05, 4.69) is 10.1 Å². The van der Waals surface area contributed by atoms with Crippen LogP contribution in [0.25, 0.3) is 4.96 Å². The number of carbonyl (C=O) groups is 1. The molecule has 1 fully saturated rings. The minimum absolute atomic E-state index is 0.0737. The number of thiazole rings is 1. The zero-order valence-corrected chi connectivity index (χ0v) is 16.7. The Morgan fingerprint density at radius 2 is 2.03 bits per heavy atom. The molecule has 0 saturated carbocycles. The van der Waals surface area contributed by atoms with Crippen LogP contribution in [0.1, 0.15) is 35.1 Å². The summed E-state index contributed by atoms with van der Waals surface area (Å²) >= 11 is 1.25. The Labute approximate surface area is 169 Å². The van der Waals surface area contributed by atoms with Crippen LogP contribution in [0.2, 0.25) is 0 Å². The van der Waals surface area contributed by atoms with Gasteiger partial charge in [0.05, 0.1) is 23.9 Å². The fourth-order valence-corrected chi connectivity index (χ4v) is 4.96. The van der Waals surface area contributed by atoms with Crippen molar-refractivity contribution >= 4 is 22.3 Å². The van der Waals surface area contributed by atoms with Crippen molar-refractivity contribution in [2.45, 2.75) is 25.8 Å². The molecule has 3 aromatic rings. The molecular weight excluding hydrogens is 402 g/mol. The number of aromatic nitrogens is 3. The molecule has 1 saturated heterocycles. The zero-order chi connectivity index (χ0) is 20.7. The van der Waals surface area contributed by atoms with Gasteiger partial charge in [-0.15, -0.1) is 5.10 Å². The summed E-state index contributed by atoms with van der Waals surface area (Å²) in [5.41, 5.74) is 0.511. The van der Waals surface area contributed by atoms with E-state index >= 15 is 0 Å². The number of piperidine rings is 1. The van der Waals surface area contributed by atoms with Crippen molar-refractivity contribution in [2.75, 3.05) is 20.2 Å². The number of methoxy groups -OCH3 is 1. The van der Waals surface area contributed by atoms with Gasteiger partial charge in [-0.1, -0.05) is 17.4 Å². The fraction of sp³-hybridized carbons (Fsp3) is 0.421. The summed E-state index contributed by atoms with van der Waals surface area (Å²) in [4.78, 5) is 19.2. The first-order valence-corrected chi connectivity index (χ1v) is 10.0. The van der Waals surface area contributed by atoms with Gasteiger partial charge < -0.3 is 9.84 Å². The highest BCUT2D eigenvalue weighted by atomic mass is 32.1. The second kappa shape index (κ2) is 7.68. The summed E-state index contributed by atoms with van der Waals surface area (Å²) in [5.74, 6) is -1.87. The third kappa shape index (κ3) is 3.58. The highest BCUT2D eigenvalue weighted by molar-refractivity contribution is 7.17. The van der Waals surface area contributed by atoms with E-state index in [0.29, 0.717) is 47.2 Å². The number of fused-ring (bicyclic) bond motifs is 1. The SMILES string of the molecule is COC(=O)C1CCN([C@@H](c2ccc(F)c(F)c2)c2sc3nc(C)nn3c2O)CC1. The van der Waals surface area contributed by atoms with Crippen molar-refractivity contribution in [3.05, 3.63) is 46.1 Å². The third-order valence-electron chi connectivity index (χ3n) is 5.24. The van der Waals surface area contributed by atoms with Crippen LogP contribution < -0.4 is 0 Å². The van der Waals surface area contributed by atoms with E-state index in [9.17, 15) is 18.7 Å². The van der Waals surface area contributed by atoms with Gasteiger partial charge in [-0.05, 0) is 50.6 Å². The van der Waals surface area contributed by atoms with E-state index in [1.54, 1.807) is 6.92 Å². The molecular formula is C19H20F2N4O3S. The van der Waals surface area contributed by atoms with Crippen LogP contribution in [-0.2, 0) is 9.53 Å². The number of ether oxygens (including phenoxy) is 1. The number of carbonyl (C=O) groups excluding carboxylic acids is 1. The molecule has 3 heterocycles. The molecule has 2 aromatic heterocycles. The summed E-state index contributed by atoms with van der Waals surface area (Å²) < 4.78 is 33.7. The van der Waals surface area contributed by atoms with Crippen LogP contribution in [0.4, 0.5) is 8.78 Å². The van der Waals surface area contributed by atoms with E-state index in [4.69, 9.17) is 4.74 Å². The highest BCUT2D eigenvalue weighted by Crippen LogP contribution is 2.41. The molecule has 0 amide bonds. The summed E-state index contributed by atoms with van der Waals surface area (Å²) in [6.45, 7) is 2.80. The van der Waals surface area contributed by atoms with Gasteiger partial charge in [-0.3, -0.25) is 9.69 Å². The smallest absolute Gasteiger partial charge is 0.308 e. The number of esters is 1. The first kappa shape index (κ1) is 19.7. The lowest BCUT2D eigenvalue weighted by Gasteiger charge is -2.36. The number of hydrogen-bond acceptors (Lipinski definition) is 7.